The predicted molar refractivity (Wildman–Crippen MR) is 100 cm³/mol. The van der Waals surface area contributed by atoms with Gasteiger partial charge in [0.2, 0.25) is 0 Å². The van der Waals surface area contributed by atoms with Gasteiger partial charge in [-0.05, 0) is 37.5 Å². The second kappa shape index (κ2) is 13.4. The molecule has 0 aliphatic rings. The summed E-state index contributed by atoms with van der Waals surface area (Å²) in [5.41, 5.74) is 6.61. The minimum Gasteiger partial charge on any atom is -0.0683 e. The van der Waals surface area contributed by atoms with E-state index >= 15 is 0 Å². The first-order chi connectivity index (χ1) is 10.2. The van der Waals surface area contributed by atoms with Crippen LogP contribution in [0.4, 0.5) is 0 Å². The van der Waals surface area contributed by atoms with Crippen LogP contribution in [0.2, 0.25) is 0 Å². The van der Waals surface area contributed by atoms with Crippen LogP contribution in [0.3, 0.4) is 0 Å². The zero-order chi connectivity index (χ0) is 16.8. The second-order valence-corrected chi connectivity index (χ2v) is 4.18. The number of hydrogen-bond acceptors (Lipinski definition) is 0. The maximum atomic E-state index is 2.25. The van der Waals surface area contributed by atoms with Crippen molar-refractivity contribution in [3.05, 3.63) is 59.2 Å². The minimum absolute atomic E-state index is 1.31. The van der Waals surface area contributed by atoms with Crippen molar-refractivity contribution >= 4 is 0 Å². The van der Waals surface area contributed by atoms with E-state index < -0.39 is 0 Å². The molecule has 2 aromatic rings. The van der Waals surface area contributed by atoms with E-state index in [1.165, 1.54) is 27.8 Å². The van der Waals surface area contributed by atoms with Crippen LogP contribution in [-0.2, 0) is 0 Å². The van der Waals surface area contributed by atoms with Gasteiger partial charge in [-0.2, -0.15) is 0 Å². The molecule has 0 nitrogen and oxygen atoms in total. The molecule has 0 unspecified atom stereocenters. The Morgan fingerprint density at radius 3 is 1.43 bits per heavy atom. The lowest BCUT2D eigenvalue weighted by Crippen LogP contribution is -1.84. The Bertz CT molecular complexity index is 464. The second-order valence-electron chi connectivity index (χ2n) is 4.18. The van der Waals surface area contributed by atoms with Gasteiger partial charge in [-0.15, -0.1) is 0 Å². The van der Waals surface area contributed by atoms with E-state index in [4.69, 9.17) is 0 Å². The molecule has 0 saturated carbocycles. The summed E-state index contributed by atoms with van der Waals surface area (Å²) in [5.74, 6) is 0. The summed E-state index contributed by atoms with van der Waals surface area (Å²) >= 11 is 0. The van der Waals surface area contributed by atoms with Gasteiger partial charge < -0.3 is 0 Å². The molecule has 0 radical (unpaired) electrons. The average molecular weight is 287 g/mol. The summed E-state index contributed by atoms with van der Waals surface area (Å²) in [7, 11) is 0. The molecule has 21 heavy (non-hydrogen) atoms. The Labute approximate surface area is 133 Å². The van der Waals surface area contributed by atoms with E-state index in [2.05, 4.69) is 63.2 Å². The molecule has 0 bridgehead atoms. The highest BCUT2D eigenvalue weighted by atomic mass is 14.1. The molecule has 0 atom stereocenters. The van der Waals surface area contributed by atoms with Gasteiger partial charge in [0.15, 0.2) is 0 Å². The molecule has 0 N–H and O–H groups in total. The minimum atomic E-state index is 1.31. The van der Waals surface area contributed by atoms with Gasteiger partial charge in [0.1, 0.15) is 0 Å². The highest BCUT2D eigenvalue weighted by molar-refractivity contribution is 5.68. The molecule has 0 fully saturated rings. The topological polar surface area (TPSA) is 0 Å². The van der Waals surface area contributed by atoms with Gasteiger partial charge >= 0.3 is 0 Å². The van der Waals surface area contributed by atoms with Crippen molar-refractivity contribution < 1.29 is 0 Å². The fourth-order valence-corrected chi connectivity index (χ4v) is 1.78. The Balaban J connectivity index is 0. The van der Waals surface area contributed by atoms with Crippen molar-refractivity contribution in [1.29, 1.82) is 0 Å². The Hall–Kier alpha value is -1.56. The number of aryl methyl sites for hydroxylation is 3. The molecule has 0 amide bonds. The third kappa shape index (κ3) is 7.70. The first-order valence-corrected chi connectivity index (χ1v) is 8.31. The number of rotatable bonds is 1. The van der Waals surface area contributed by atoms with Crippen molar-refractivity contribution in [2.45, 2.75) is 62.3 Å². The SMILES string of the molecule is CC.CC.CC.Cc1ccc(-c2cc(C)ccc2C)cc1. The van der Waals surface area contributed by atoms with Crippen molar-refractivity contribution in [2.75, 3.05) is 0 Å². The summed E-state index contributed by atoms with van der Waals surface area (Å²) in [6.07, 6.45) is 0. The molecule has 2 rings (SSSR count). The summed E-state index contributed by atoms with van der Waals surface area (Å²) in [6, 6.07) is 15.3. The highest BCUT2D eigenvalue weighted by Crippen LogP contribution is 2.24. The van der Waals surface area contributed by atoms with Gasteiger partial charge in [0.05, 0.1) is 0 Å². The molecular weight excluding hydrogens is 252 g/mol. The van der Waals surface area contributed by atoms with Gasteiger partial charge in [0, 0.05) is 0 Å². The molecule has 0 spiro atoms. The normalized spacial score (nSPS) is 8.24. The van der Waals surface area contributed by atoms with Crippen molar-refractivity contribution in [2.24, 2.45) is 0 Å². The van der Waals surface area contributed by atoms with Gasteiger partial charge in [-0.1, -0.05) is 95.1 Å². The first kappa shape index (κ1) is 21.7. The lowest BCUT2D eigenvalue weighted by molar-refractivity contribution is 1.38. The Morgan fingerprint density at radius 2 is 0.952 bits per heavy atom. The smallest absolute Gasteiger partial charge is 0.0152 e. The maximum Gasteiger partial charge on any atom is -0.0152 e. The monoisotopic (exact) mass is 286 g/mol. The molecule has 2 aromatic carbocycles. The Kier molecular flexibility index (Phi) is 13.9. The third-order valence-corrected chi connectivity index (χ3v) is 2.76. The fraction of sp³-hybridized carbons (Fsp3) is 0.429. The molecule has 0 aromatic heterocycles. The zero-order valence-corrected chi connectivity index (χ0v) is 15.5. The van der Waals surface area contributed by atoms with E-state index in [0.717, 1.165) is 0 Å². The lowest BCUT2D eigenvalue weighted by atomic mass is 9.98. The van der Waals surface area contributed by atoms with E-state index in [1.807, 2.05) is 41.5 Å². The highest BCUT2D eigenvalue weighted by Gasteiger charge is 2.01. The third-order valence-electron chi connectivity index (χ3n) is 2.76. The molecule has 0 heterocycles. The molecule has 0 heteroatoms. The van der Waals surface area contributed by atoms with Gasteiger partial charge in [-0.3, -0.25) is 0 Å². The van der Waals surface area contributed by atoms with Crippen LogP contribution in [0.5, 0.6) is 0 Å². The molecule has 0 aliphatic carbocycles. The first-order valence-electron chi connectivity index (χ1n) is 8.31. The van der Waals surface area contributed by atoms with Crippen LogP contribution in [0.15, 0.2) is 42.5 Å². The van der Waals surface area contributed by atoms with Gasteiger partial charge in [0.25, 0.3) is 0 Å². The summed E-state index contributed by atoms with van der Waals surface area (Å²) in [4.78, 5) is 0. The van der Waals surface area contributed by atoms with E-state index in [1.54, 1.807) is 0 Å². The molecule has 118 valence electrons. The van der Waals surface area contributed by atoms with Crippen LogP contribution in [0.25, 0.3) is 11.1 Å². The number of hydrogen-bond donors (Lipinski definition) is 0. The van der Waals surface area contributed by atoms with Crippen molar-refractivity contribution in [1.82, 2.24) is 0 Å². The Morgan fingerprint density at radius 1 is 0.524 bits per heavy atom. The van der Waals surface area contributed by atoms with Crippen molar-refractivity contribution in [3.8, 4) is 11.1 Å². The van der Waals surface area contributed by atoms with E-state index in [0.29, 0.717) is 0 Å². The van der Waals surface area contributed by atoms with Crippen molar-refractivity contribution in [3.63, 3.8) is 0 Å². The predicted octanol–water partition coefficient (Wildman–Crippen LogP) is 7.36. The summed E-state index contributed by atoms with van der Waals surface area (Å²) in [6.45, 7) is 18.4. The average Bonchev–Trinajstić information content (AvgIpc) is 2.56. The van der Waals surface area contributed by atoms with Crippen LogP contribution in [-0.4, -0.2) is 0 Å². The summed E-state index contributed by atoms with van der Waals surface area (Å²) < 4.78 is 0. The van der Waals surface area contributed by atoms with Crippen LogP contribution < -0.4 is 0 Å². The summed E-state index contributed by atoms with van der Waals surface area (Å²) in [5, 5.41) is 0. The number of benzene rings is 2. The maximum absolute atomic E-state index is 2.25. The van der Waals surface area contributed by atoms with Gasteiger partial charge in [-0.25, -0.2) is 0 Å². The zero-order valence-electron chi connectivity index (χ0n) is 15.5. The van der Waals surface area contributed by atoms with E-state index in [-0.39, 0.29) is 0 Å². The molecule has 0 aliphatic heterocycles. The van der Waals surface area contributed by atoms with Crippen LogP contribution in [0, 0.1) is 20.8 Å². The molecule has 0 saturated heterocycles. The lowest BCUT2D eigenvalue weighted by Gasteiger charge is -2.07. The largest absolute Gasteiger partial charge is 0.0683 e. The van der Waals surface area contributed by atoms with E-state index in [9.17, 15) is 0 Å². The fourth-order valence-electron chi connectivity index (χ4n) is 1.78. The van der Waals surface area contributed by atoms with Crippen LogP contribution in [0.1, 0.15) is 58.2 Å². The standard InChI is InChI=1S/C15H16.3C2H6/c1-11-5-8-14(9-6-11)15-10-12(2)4-7-13(15)3;3*1-2/h4-10H,1-3H3;3*1-2H3. The quantitative estimate of drug-likeness (QED) is 0.513. The molecular formula is C21H34. The van der Waals surface area contributed by atoms with Crippen LogP contribution >= 0.6 is 0 Å².